The Kier molecular flexibility index (Phi) is 6.79. The van der Waals surface area contributed by atoms with Gasteiger partial charge in [-0.3, -0.25) is 9.36 Å². The first-order chi connectivity index (χ1) is 16.0. The summed E-state index contributed by atoms with van der Waals surface area (Å²) < 4.78 is 7.27. The van der Waals surface area contributed by atoms with Crippen molar-refractivity contribution in [2.45, 2.75) is 25.9 Å². The van der Waals surface area contributed by atoms with Crippen molar-refractivity contribution in [2.24, 2.45) is 0 Å². The third-order valence-corrected chi connectivity index (χ3v) is 6.28. The lowest BCUT2D eigenvalue weighted by molar-refractivity contribution is -0.113. The minimum atomic E-state index is -0.0847. The van der Waals surface area contributed by atoms with Crippen LogP contribution in [0.5, 0.6) is 5.75 Å². The lowest BCUT2D eigenvalue weighted by Crippen LogP contribution is -2.16. The Morgan fingerprint density at radius 2 is 1.61 bits per heavy atom. The number of nitrogens with one attached hydrogen (secondary N) is 1. The number of amides is 1. The summed E-state index contributed by atoms with van der Waals surface area (Å²) in [6, 6.07) is 21.8. The summed E-state index contributed by atoms with van der Waals surface area (Å²) >= 11 is 1.36. The number of thioether (sulfide) groups is 1. The zero-order chi connectivity index (χ0) is 23.4. The molecular weight excluding hydrogens is 432 g/mol. The van der Waals surface area contributed by atoms with Gasteiger partial charge in [-0.05, 0) is 56.2 Å². The fourth-order valence-electron chi connectivity index (χ4n) is 3.53. The highest BCUT2D eigenvalue weighted by Crippen LogP contribution is 2.29. The van der Waals surface area contributed by atoms with Crippen LogP contribution in [0.1, 0.15) is 16.7 Å². The second kappa shape index (κ2) is 9.92. The molecule has 168 valence electrons. The van der Waals surface area contributed by atoms with Crippen LogP contribution in [0.25, 0.3) is 17.1 Å². The van der Waals surface area contributed by atoms with Crippen molar-refractivity contribution in [3.8, 4) is 22.8 Å². The smallest absolute Gasteiger partial charge is 0.234 e. The van der Waals surface area contributed by atoms with Crippen LogP contribution in [0.3, 0.4) is 0 Å². The number of nitrogens with zero attached hydrogens (tertiary/aromatic N) is 3. The molecule has 0 spiro atoms. The van der Waals surface area contributed by atoms with E-state index in [1.807, 2.05) is 92.1 Å². The minimum Gasteiger partial charge on any atom is -0.497 e. The van der Waals surface area contributed by atoms with Crippen molar-refractivity contribution in [1.82, 2.24) is 14.8 Å². The van der Waals surface area contributed by atoms with Crippen molar-refractivity contribution in [2.75, 3.05) is 18.2 Å². The molecule has 1 N–H and O–H groups in total. The van der Waals surface area contributed by atoms with E-state index in [9.17, 15) is 4.79 Å². The molecule has 0 saturated heterocycles. The van der Waals surface area contributed by atoms with Crippen LogP contribution in [-0.2, 0) is 4.79 Å². The SMILES string of the molecule is COc1ccc(-n2c(SCC(=O)Nc3c(C)cccc3C)nnc2-c2ccc(C)cc2)cc1. The number of anilines is 1. The highest BCUT2D eigenvalue weighted by Gasteiger charge is 2.18. The van der Waals surface area contributed by atoms with E-state index in [0.717, 1.165) is 39.6 Å². The summed E-state index contributed by atoms with van der Waals surface area (Å²) in [6.07, 6.45) is 0. The lowest BCUT2D eigenvalue weighted by Gasteiger charge is -2.13. The largest absolute Gasteiger partial charge is 0.497 e. The van der Waals surface area contributed by atoms with Gasteiger partial charge in [0.2, 0.25) is 5.91 Å². The van der Waals surface area contributed by atoms with Gasteiger partial charge < -0.3 is 10.1 Å². The molecule has 0 unspecified atom stereocenters. The summed E-state index contributed by atoms with van der Waals surface area (Å²) in [6.45, 7) is 6.03. The van der Waals surface area contributed by atoms with Crippen LogP contribution in [0.4, 0.5) is 5.69 Å². The number of hydrogen-bond donors (Lipinski definition) is 1. The Bertz CT molecular complexity index is 1240. The summed E-state index contributed by atoms with van der Waals surface area (Å²) in [4.78, 5) is 12.7. The molecule has 3 aromatic carbocycles. The van der Waals surface area contributed by atoms with Gasteiger partial charge in [0.1, 0.15) is 5.75 Å². The molecule has 7 heteroatoms. The molecule has 0 aliphatic carbocycles. The van der Waals surface area contributed by atoms with Crippen LogP contribution in [0.2, 0.25) is 0 Å². The Morgan fingerprint density at radius 1 is 0.939 bits per heavy atom. The van der Waals surface area contributed by atoms with Gasteiger partial charge in [-0.1, -0.05) is 59.8 Å². The van der Waals surface area contributed by atoms with Gasteiger partial charge in [0.05, 0.1) is 12.9 Å². The maximum atomic E-state index is 12.7. The number of rotatable bonds is 7. The molecule has 0 bridgehead atoms. The molecule has 1 heterocycles. The number of hydrogen-bond acceptors (Lipinski definition) is 5. The molecule has 33 heavy (non-hydrogen) atoms. The Labute approximate surface area is 198 Å². The molecule has 1 aromatic heterocycles. The average molecular weight is 459 g/mol. The van der Waals surface area contributed by atoms with Gasteiger partial charge in [0.25, 0.3) is 0 Å². The molecule has 4 rings (SSSR count). The maximum Gasteiger partial charge on any atom is 0.234 e. The van der Waals surface area contributed by atoms with Crippen LogP contribution < -0.4 is 10.1 Å². The van der Waals surface area contributed by atoms with E-state index in [1.54, 1.807) is 7.11 Å². The first-order valence-electron chi connectivity index (χ1n) is 10.6. The predicted molar refractivity (Wildman–Crippen MR) is 133 cm³/mol. The number of benzene rings is 3. The number of aryl methyl sites for hydroxylation is 3. The first kappa shape index (κ1) is 22.6. The lowest BCUT2D eigenvalue weighted by atomic mass is 10.1. The number of carbonyl (C=O) groups excluding carboxylic acids is 1. The number of methoxy groups -OCH3 is 1. The number of carbonyl (C=O) groups is 1. The molecule has 6 nitrogen and oxygen atoms in total. The summed E-state index contributed by atoms with van der Waals surface area (Å²) in [5, 5.41) is 12.5. The van der Waals surface area contributed by atoms with Crippen LogP contribution in [0.15, 0.2) is 71.9 Å². The molecule has 0 aliphatic rings. The van der Waals surface area contributed by atoms with E-state index in [-0.39, 0.29) is 11.7 Å². The molecule has 0 saturated carbocycles. The van der Waals surface area contributed by atoms with Gasteiger partial charge in [-0.25, -0.2) is 0 Å². The standard InChI is InChI=1S/C26H26N4O2S/c1-17-8-10-20(11-9-17)25-28-29-26(30(25)21-12-14-22(32-4)15-13-21)33-16-23(31)27-24-18(2)6-5-7-19(24)3/h5-15H,16H2,1-4H3,(H,27,31). The zero-order valence-electron chi connectivity index (χ0n) is 19.1. The van der Waals surface area contributed by atoms with Gasteiger partial charge in [-0.15, -0.1) is 10.2 Å². The third-order valence-electron chi connectivity index (χ3n) is 5.35. The molecular formula is C26H26N4O2S. The topological polar surface area (TPSA) is 69.0 Å². The van der Waals surface area contributed by atoms with E-state index in [4.69, 9.17) is 4.74 Å². The van der Waals surface area contributed by atoms with Crippen LogP contribution in [-0.4, -0.2) is 33.5 Å². The summed E-state index contributed by atoms with van der Waals surface area (Å²) in [5.74, 6) is 1.62. The zero-order valence-corrected chi connectivity index (χ0v) is 19.9. The minimum absolute atomic E-state index is 0.0847. The fraction of sp³-hybridized carbons (Fsp3) is 0.192. The highest BCUT2D eigenvalue weighted by molar-refractivity contribution is 7.99. The summed E-state index contributed by atoms with van der Waals surface area (Å²) in [7, 11) is 1.64. The average Bonchev–Trinajstić information content (AvgIpc) is 3.24. The van der Waals surface area contributed by atoms with E-state index in [2.05, 4.69) is 15.5 Å². The normalized spacial score (nSPS) is 10.8. The summed E-state index contributed by atoms with van der Waals surface area (Å²) in [5.41, 5.74) is 5.96. The monoisotopic (exact) mass is 458 g/mol. The van der Waals surface area contributed by atoms with Gasteiger partial charge in [-0.2, -0.15) is 0 Å². The first-order valence-corrected chi connectivity index (χ1v) is 11.6. The highest BCUT2D eigenvalue weighted by atomic mass is 32.2. The quantitative estimate of drug-likeness (QED) is 0.365. The van der Waals surface area contributed by atoms with E-state index < -0.39 is 0 Å². The van der Waals surface area contributed by atoms with E-state index in [0.29, 0.717) is 5.16 Å². The Balaban J connectivity index is 1.62. The second-order valence-electron chi connectivity index (χ2n) is 7.81. The predicted octanol–water partition coefficient (Wildman–Crippen LogP) is 5.60. The molecule has 0 atom stereocenters. The van der Waals surface area contributed by atoms with Gasteiger partial charge >= 0.3 is 0 Å². The van der Waals surface area contributed by atoms with Crippen LogP contribution in [0, 0.1) is 20.8 Å². The fourth-order valence-corrected chi connectivity index (χ4v) is 4.29. The number of aromatic nitrogens is 3. The van der Waals surface area contributed by atoms with Crippen LogP contribution >= 0.6 is 11.8 Å². The number of para-hydroxylation sites is 1. The Hall–Kier alpha value is -3.58. The van der Waals surface area contributed by atoms with Crippen molar-refractivity contribution < 1.29 is 9.53 Å². The molecule has 0 fully saturated rings. The van der Waals surface area contributed by atoms with E-state index >= 15 is 0 Å². The van der Waals surface area contributed by atoms with Gasteiger partial charge in [0.15, 0.2) is 11.0 Å². The van der Waals surface area contributed by atoms with Crippen molar-refractivity contribution in [1.29, 1.82) is 0 Å². The molecule has 0 radical (unpaired) electrons. The van der Waals surface area contributed by atoms with Crippen molar-refractivity contribution in [3.05, 3.63) is 83.4 Å². The molecule has 1 amide bonds. The van der Waals surface area contributed by atoms with Gasteiger partial charge in [0, 0.05) is 16.9 Å². The van der Waals surface area contributed by atoms with E-state index in [1.165, 1.54) is 17.3 Å². The van der Waals surface area contributed by atoms with Crippen molar-refractivity contribution >= 4 is 23.4 Å². The third kappa shape index (κ3) is 5.09. The molecule has 4 aromatic rings. The Morgan fingerprint density at radius 3 is 2.24 bits per heavy atom. The molecule has 0 aliphatic heterocycles. The number of ether oxygens (including phenoxy) is 1. The maximum absolute atomic E-state index is 12.7. The second-order valence-corrected chi connectivity index (χ2v) is 8.75. The van der Waals surface area contributed by atoms with Crippen molar-refractivity contribution in [3.63, 3.8) is 0 Å².